The van der Waals surface area contributed by atoms with Gasteiger partial charge in [-0.25, -0.2) is 0 Å². The zero-order chi connectivity index (χ0) is 12.3. The third kappa shape index (κ3) is 2.73. The standard InChI is InChI=1S/C13H13NO3/c1-9-2-7-12(17-9)13(16)14-11-5-3-10(8-15)4-6-11/h2-7,15H,8H2,1H3,(H,14,16). The molecule has 1 aromatic heterocycles. The third-order valence-corrected chi connectivity index (χ3v) is 2.36. The molecule has 0 aliphatic heterocycles. The maximum Gasteiger partial charge on any atom is 0.291 e. The van der Waals surface area contributed by atoms with Gasteiger partial charge in [0, 0.05) is 5.69 Å². The van der Waals surface area contributed by atoms with E-state index in [-0.39, 0.29) is 18.3 Å². The summed E-state index contributed by atoms with van der Waals surface area (Å²) in [5.74, 6) is 0.703. The van der Waals surface area contributed by atoms with Crippen LogP contribution >= 0.6 is 0 Å². The predicted octanol–water partition coefficient (Wildman–Crippen LogP) is 2.33. The highest BCUT2D eigenvalue weighted by Gasteiger charge is 2.09. The van der Waals surface area contributed by atoms with Crippen molar-refractivity contribution in [2.75, 3.05) is 5.32 Å². The number of hydrogen-bond donors (Lipinski definition) is 2. The Hall–Kier alpha value is -2.07. The highest BCUT2D eigenvalue weighted by Crippen LogP contribution is 2.12. The van der Waals surface area contributed by atoms with E-state index in [2.05, 4.69) is 5.32 Å². The number of anilines is 1. The van der Waals surface area contributed by atoms with Crippen molar-refractivity contribution in [2.24, 2.45) is 0 Å². The first-order valence-corrected chi connectivity index (χ1v) is 5.26. The van der Waals surface area contributed by atoms with E-state index < -0.39 is 0 Å². The van der Waals surface area contributed by atoms with E-state index in [0.29, 0.717) is 11.4 Å². The van der Waals surface area contributed by atoms with Crippen LogP contribution in [0.4, 0.5) is 5.69 Å². The van der Waals surface area contributed by atoms with Gasteiger partial charge in [-0.15, -0.1) is 0 Å². The summed E-state index contributed by atoms with van der Waals surface area (Å²) in [7, 11) is 0. The Labute approximate surface area is 98.9 Å². The molecule has 0 saturated carbocycles. The van der Waals surface area contributed by atoms with Crippen molar-refractivity contribution in [3.8, 4) is 0 Å². The van der Waals surface area contributed by atoms with Gasteiger partial charge in [0.05, 0.1) is 6.61 Å². The van der Waals surface area contributed by atoms with Crippen LogP contribution in [0.25, 0.3) is 0 Å². The first kappa shape index (κ1) is 11.4. The molecule has 1 aromatic carbocycles. The van der Waals surface area contributed by atoms with E-state index in [1.165, 1.54) is 0 Å². The molecule has 17 heavy (non-hydrogen) atoms. The van der Waals surface area contributed by atoms with Gasteiger partial charge in [0.15, 0.2) is 5.76 Å². The van der Waals surface area contributed by atoms with Crippen molar-refractivity contribution in [1.29, 1.82) is 0 Å². The fourth-order valence-electron chi connectivity index (χ4n) is 1.44. The normalized spacial score (nSPS) is 10.2. The molecule has 1 heterocycles. The molecular weight excluding hydrogens is 218 g/mol. The summed E-state index contributed by atoms with van der Waals surface area (Å²) in [6.45, 7) is 1.78. The van der Waals surface area contributed by atoms with Crippen LogP contribution in [-0.4, -0.2) is 11.0 Å². The maximum absolute atomic E-state index is 11.7. The Morgan fingerprint density at radius 3 is 2.47 bits per heavy atom. The molecule has 0 unspecified atom stereocenters. The molecule has 1 amide bonds. The van der Waals surface area contributed by atoms with Crippen LogP contribution in [0, 0.1) is 6.92 Å². The van der Waals surface area contributed by atoms with Crippen LogP contribution in [-0.2, 0) is 6.61 Å². The monoisotopic (exact) mass is 231 g/mol. The lowest BCUT2D eigenvalue weighted by Gasteiger charge is -2.03. The Balaban J connectivity index is 2.07. The van der Waals surface area contributed by atoms with Crippen molar-refractivity contribution < 1.29 is 14.3 Å². The van der Waals surface area contributed by atoms with Crippen LogP contribution in [0.15, 0.2) is 40.8 Å². The minimum Gasteiger partial charge on any atom is -0.456 e. The highest BCUT2D eigenvalue weighted by atomic mass is 16.3. The number of aliphatic hydroxyl groups excluding tert-OH is 1. The molecule has 0 spiro atoms. The van der Waals surface area contributed by atoms with E-state index in [1.54, 1.807) is 43.3 Å². The van der Waals surface area contributed by atoms with E-state index in [9.17, 15) is 4.79 Å². The van der Waals surface area contributed by atoms with Gasteiger partial charge in [-0.05, 0) is 36.8 Å². The Bertz CT molecular complexity index is 514. The smallest absolute Gasteiger partial charge is 0.291 e. The Morgan fingerprint density at radius 1 is 1.24 bits per heavy atom. The average Bonchev–Trinajstić information content (AvgIpc) is 2.77. The van der Waals surface area contributed by atoms with Gasteiger partial charge in [0.25, 0.3) is 5.91 Å². The van der Waals surface area contributed by atoms with Crippen LogP contribution < -0.4 is 5.32 Å². The van der Waals surface area contributed by atoms with Crippen molar-refractivity contribution >= 4 is 11.6 Å². The second kappa shape index (κ2) is 4.84. The second-order valence-corrected chi connectivity index (χ2v) is 3.72. The number of furan rings is 1. The molecular formula is C13H13NO3. The molecule has 0 bridgehead atoms. The van der Waals surface area contributed by atoms with Crippen molar-refractivity contribution in [1.82, 2.24) is 0 Å². The summed E-state index contributed by atoms with van der Waals surface area (Å²) >= 11 is 0. The molecule has 4 heteroatoms. The van der Waals surface area contributed by atoms with E-state index in [4.69, 9.17) is 9.52 Å². The first-order valence-electron chi connectivity index (χ1n) is 5.26. The molecule has 2 aromatic rings. The SMILES string of the molecule is Cc1ccc(C(=O)Nc2ccc(CO)cc2)o1. The molecule has 2 N–H and O–H groups in total. The molecule has 0 fully saturated rings. The van der Waals surface area contributed by atoms with Crippen LogP contribution in [0.2, 0.25) is 0 Å². The lowest BCUT2D eigenvalue weighted by molar-refractivity contribution is 0.0995. The van der Waals surface area contributed by atoms with Gasteiger partial charge < -0.3 is 14.8 Å². The summed E-state index contributed by atoms with van der Waals surface area (Å²) in [5.41, 5.74) is 1.47. The van der Waals surface area contributed by atoms with Crippen molar-refractivity contribution in [3.05, 3.63) is 53.5 Å². The summed E-state index contributed by atoms with van der Waals surface area (Å²) in [6.07, 6.45) is 0. The summed E-state index contributed by atoms with van der Waals surface area (Å²) in [5, 5.41) is 11.6. The molecule has 0 radical (unpaired) electrons. The van der Waals surface area contributed by atoms with E-state index in [1.807, 2.05) is 0 Å². The Kier molecular flexibility index (Phi) is 3.25. The third-order valence-electron chi connectivity index (χ3n) is 2.36. The molecule has 0 aliphatic carbocycles. The minimum absolute atomic E-state index is 0.00833. The molecule has 2 rings (SSSR count). The summed E-state index contributed by atoms with van der Waals surface area (Å²) in [4.78, 5) is 11.7. The van der Waals surface area contributed by atoms with Gasteiger partial charge in [-0.3, -0.25) is 4.79 Å². The number of nitrogens with one attached hydrogen (secondary N) is 1. The first-order chi connectivity index (χ1) is 8.19. The van der Waals surface area contributed by atoms with Gasteiger partial charge >= 0.3 is 0 Å². The number of benzene rings is 1. The number of aliphatic hydroxyl groups is 1. The number of hydrogen-bond acceptors (Lipinski definition) is 3. The second-order valence-electron chi connectivity index (χ2n) is 3.72. The van der Waals surface area contributed by atoms with Gasteiger partial charge in [0.2, 0.25) is 0 Å². The summed E-state index contributed by atoms with van der Waals surface area (Å²) in [6, 6.07) is 10.3. The molecule has 4 nitrogen and oxygen atoms in total. The molecule has 0 atom stereocenters. The topological polar surface area (TPSA) is 62.5 Å². The van der Waals surface area contributed by atoms with Crippen LogP contribution in [0.3, 0.4) is 0 Å². The lowest BCUT2D eigenvalue weighted by atomic mass is 10.2. The zero-order valence-corrected chi connectivity index (χ0v) is 9.43. The fourth-order valence-corrected chi connectivity index (χ4v) is 1.44. The molecule has 88 valence electrons. The number of carbonyl (C=O) groups excluding carboxylic acids is 1. The quantitative estimate of drug-likeness (QED) is 0.852. The van der Waals surface area contributed by atoms with Crippen LogP contribution in [0.1, 0.15) is 21.9 Å². The lowest BCUT2D eigenvalue weighted by Crippen LogP contribution is -2.10. The van der Waals surface area contributed by atoms with E-state index in [0.717, 1.165) is 5.56 Å². The molecule has 0 aliphatic rings. The largest absolute Gasteiger partial charge is 0.456 e. The van der Waals surface area contributed by atoms with Gasteiger partial charge in [0.1, 0.15) is 5.76 Å². The van der Waals surface area contributed by atoms with Gasteiger partial charge in [-0.1, -0.05) is 12.1 Å². The van der Waals surface area contributed by atoms with Gasteiger partial charge in [-0.2, -0.15) is 0 Å². The molecule has 0 saturated heterocycles. The highest BCUT2D eigenvalue weighted by molar-refractivity contribution is 6.02. The number of amides is 1. The van der Waals surface area contributed by atoms with E-state index >= 15 is 0 Å². The maximum atomic E-state index is 11.7. The zero-order valence-electron chi connectivity index (χ0n) is 9.43. The predicted molar refractivity (Wildman–Crippen MR) is 63.8 cm³/mol. The van der Waals surface area contributed by atoms with Crippen molar-refractivity contribution in [3.63, 3.8) is 0 Å². The van der Waals surface area contributed by atoms with Crippen LogP contribution in [0.5, 0.6) is 0 Å². The number of rotatable bonds is 3. The fraction of sp³-hybridized carbons (Fsp3) is 0.154. The van der Waals surface area contributed by atoms with Crippen molar-refractivity contribution in [2.45, 2.75) is 13.5 Å². The minimum atomic E-state index is -0.283. The number of carbonyl (C=O) groups is 1. The summed E-state index contributed by atoms with van der Waals surface area (Å²) < 4.78 is 5.21. The number of aryl methyl sites for hydroxylation is 1. The average molecular weight is 231 g/mol. The Morgan fingerprint density at radius 2 is 1.94 bits per heavy atom.